The minimum Gasteiger partial charge on any atom is -0.265 e. The average molecular weight is 127 g/mol. The van der Waals surface area contributed by atoms with E-state index in [-0.39, 0.29) is 5.96 Å². The molecule has 0 radical (unpaired) electrons. The summed E-state index contributed by atoms with van der Waals surface area (Å²) in [5.41, 5.74) is 0.762. The van der Waals surface area contributed by atoms with Crippen molar-refractivity contribution in [1.29, 1.82) is 5.41 Å². The Morgan fingerprint density at radius 2 is 2.50 bits per heavy atom. The second-order valence-corrected chi connectivity index (χ2v) is 1.66. The van der Waals surface area contributed by atoms with Crippen molar-refractivity contribution in [2.45, 2.75) is 0 Å². The summed E-state index contributed by atoms with van der Waals surface area (Å²) in [4.78, 5) is 7.30. The van der Waals surface area contributed by atoms with E-state index in [0.717, 1.165) is 5.71 Å². The average Bonchev–Trinajstić information content (AvgIpc) is 2.14. The van der Waals surface area contributed by atoms with Crippen LogP contribution in [0, 0.1) is 5.41 Å². The van der Waals surface area contributed by atoms with Gasteiger partial charge in [0.2, 0.25) is 5.96 Å². The van der Waals surface area contributed by atoms with Gasteiger partial charge in [-0.15, -0.1) is 0 Å². The smallest absolute Gasteiger partial charge is 0.242 e. The highest BCUT2D eigenvalue weighted by atomic mass is 32.1. The summed E-state index contributed by atoms with van der Waals surface area (Å²) in [5.74, 6) is 0.639. The fraction of sp³-hybridized carbons (Fsp3) is 0.250. The maximum Gasteiger partial charge on any atom is 0.242 e. The van der Waals surface area contributed by atoms with Gasteiger partial charge < -0.3 is 0 Å². The third-order valence-electron chi connectivity index (χ3n) is 0.747. The molecule has 4 heteroatoms. The summed E-state index contributed by atoms with van der Waals surface area (Å²) in [7, 11) is 0. The Morgan fingerprint density at radius 3 is 2.75 bits per heavy atom. The zero-order valence-corrected chi connectivity index (χ0v) is 5.02. The highest BCUT2D eigenvalue weighted by Crippen LogP contribution is 1.91. The second-order valence-electron chi connectivity index (χ2n) is 1.34. The zero-order chi connectivity index (χ0) is 5.98. The maximum absolute atomic E-state index is 6.86. The maximum atomic E-state index is 6.86. The van der Waals surface area contributed by atoms with Crippen molar-refractivity contribution in [3.8, 4) is 0 Å². The van der Waals surface area contributed by atoms with Gasteiger partial charge in [-0.1, -0.05) is 0 Å². The van der Waals surface area contributed by atoms with Gasteiger partial charge in [-0.05, 0) is 0 Å². The van der Waals surface area contributed by atoms with Crippen LogP contribution in [0.15, 0.2) is 9.98 Å². The molecular weight excluding hydrogens is 122 g/mol. The molecule has 0 aliphatic carbocycles. The first-order chi connectivity index (χ1) is 3.83. The molecule has 0 bridgehead atoms. The van der Waals surface area contributed by atoms with Gasteiger partial charge in [0.15, 0.2) is 0 Å². The topological polar surface area (TPSA) is 48.6 Å². The predicted molar refractivity (Wildman–Crippen MR) is 37.5 cm³/mol. The van der Waals surface area contributed by atoms with Crippen molar-refractivity contribution < 1.29 is 0 Å². The van der Waals surface area contributed by atoms with Crippen molar-refractivity contribution in [2.75, 3.05) is 5.75 Å². The molecule has 1 aliphatic heterocycles. The Balaban J connectivity index is 2.72. The Labute approximate surface area is 52.5 Å². The number of rotatable bonds is 1. The molecule has 1 N–H and O–H groups in total. The van der Waals surface area contributed by atoms with Gasteiger partial charge in [0.05, 0.1) is 11.9 Å². The summed E-state index contributed by atoms with van der Waals surface area (Å²) in [5, 5.41) is 6.86. The van der Waals surface area contributed by atoms with Crippen molar-refractivity contribution in [2.24, 2.45) is 9.98 Å². The van der Waals surface area contributed by atoms with Gasteiger partial charge in [0.1, 0.15) is 0 Å². The molecule has 0 aromatic heterocycles. The minimum absolute atomic E-state index is 0.0778. The first-order valence-electron chi connectivity index (χ1n) is 2.14. The van der Waals surface area contributed by atoms with E-state index in [1.807, 2.05) is 0 Å². The monoisotopic (exact) mass is 127 g/mol. The van der Waals surface area contributed by atoms with Crippen molar-refractivity contribution in [3.05, 3.63) is 0 Å². The molecule has 0 aromatic carbocycles. The van der Waals surface area contributed by atoms with Crippen molar-refractivity contribution >= 4 is 30.5 Å². The highest BCUT2D eigenvalue weighted by molar-refractivity contribution is 7.81. The lowest BCUT2D eigenvalue weighted by Crippen LogP contribution is -1.96. The first-order valence-corrected chi connectivity index (χ1v) is 2.77. The van der Waals surface area contributed by atoms with Gasteiger partial charge in [0, 0.05) is 5.75 Å². The Hall–Kier alpha value is -0.640. The number of hydrogen-bond acceptors (Lipinski definition) is 2. The molecule has 0 spiro atoms. The summed E-state index contributed by atoms with van der Waals surface area (Å²) in [6, 6.07) is 0. The van der Waals surface area contributed by atoms with E-state index in [4.69, 9.17) is 5.41 Å². The van der Waals surface area contributed by atoms with E-state index in [9.17, 15) is 0 Å². The van der Waals surface area contributed by atoms with Crippen LogP contribution in [0.1, 0.15) is 0 Å². The van der Waals surface area contributed by atoms with Crippen molar-refractivity contribution in [1.82, 2.24) is 0 Å². The Bertz CT molecular complexity index is 170. The number of hydrogen-bond donors (Lipinski definition) is 2. The molecule has 0 saturated heterocycles. The molecule has 1 aliphatic rings. The SMILES string of the molecule is N=C1N=CC(CS)=N1. The fourth-order valence-electron chi connectivity index (χ4n) is 0.406. The lowest BCUT2D eigenvalue weighted by molar-refractivity contribution is 1.40. The lowest BCUT2D eigenvalue weighted by Gasteiger charge is -1.79. The molecule has 3 nitrogen and oxygen atoms in total. The molecular formula is C4H5N3S. The molecule has 42 valence electrons. The summed E-state index contributed by atoms with van der Waals surface area (Å²) in [6.45, 7) is 0. The van der Waals surface area contributed by atoms with E-state index in [1.165, 1.54) is 0 Å². The van der Waals surface area contributed by atoms with Crippen LogP contribution in [0.5, 0.6) is 0 Å². The van der Waals surface area contributed by atoms with Crippen LogP contribution in [0.3, 0.4) is 0 Å². The number of guanidine groups is 1. The molecule has 0 saturated carbocycles. The molecule has 1 heterocycles. The predicted octanol–water partition coefficient (Wildman–Crippen LogP) is 0.376. The normalized spacial score (nSPS) is 17.1. The highest BCUT2D eigenvalue weighted by Gasteiger charge is 2.00. The van der Waals surface area contributed by atoms with Gasteiger partial charge in [-0.25, -0.2) is 9.98 Å². The molecule has 0 amide bonds. The quantitative estimate of drug-likeness (QED) is 0.478. The van der Waals surface area contributed by atoms with Gasteiger partial charge in [0.25, 0.3) is 0 Å². The van der Waals surface area contributed by atoms with Crippen LogP contribution < -0.4 is 0 Å². The van der Waals surface area contributed by atoms with Crippen LogP contribution in [0.4, 0.5) is 0 Å². The Morgan fingerprint density at radius 1 is 1.75 bits per heavy atom. The summed E-state index contributed by atoms with van der Waals surface area (Å²) in [6.07, 6.45) is 1.55. The standard InChI is InChI=1S/C4H5N3S/c5-4-6-1-3(2-8)7-4/h1,5,8H,2H2. The molecule has 0 unspecified atom stereocenters. The van der Waals surface area contributed by atoms with Crippen LogP contribution in [-0.2, 0) is 0 Å². The van der Waals surface area contributed by atoms with E-state index < -0.39 is 0 Å². The van der Waals surface area contributed by atoms with Crippen LogP contribution in [-0.4, -0.2) is 23.6 Å². The van der Waals surface area contributed by atoms with E-state index in [1.54, 1.807) is 6.21 Å². The van der Waals surface area contributed by atoms with Gasteiger partial charge in [-0.2, -0.15) is 12.6 Å². The van der Waals surface area contributed by atoms with Crippen LogP contribution in [0.2, 0.25) is 0 Å². The number of aliphatic imine (C=N–C) groups is 2. The Kier molecular flexibility index (Phi) is 1.43. The second kappa shape index (κ2) is 2.09. The molecule has 0 atom stereocenters. The third-order valence-corrected chi connectivity index (χ3v) is 1.07. The largest absolute Gasteiger partial charge is 0.265 e. The van der Waals surface area contributed by atoms with E-state index >= 15 is 0 Å². The molecule has 1 rings (SSSR count). The minimum atomic E-state index is 0.0778. The van der Waals surface area contributed by atoms with E-state index in [0.29, 0.717) is 5.75 Å². The summed E-state index contributed by atoms with van der Waals surface area (Å²) >= 11 is 3.94. The van der Waals surface area contributed by atoms with Crippen LogP contribution in [0.25, 0.3) is 0 Å². The van der Waals surface area contributed by atoms with Gasteiger partial charge in [-0.3, -0.25) is 5.41 Å². The molecule has 0 fully saturated rings. The van der Waals surface area contributed by atoms with Crippen LogP contribution >= 0.6 is 12.6 Å². The molecule has 0 aromatic rings. The third kappa shape index (κ3) is 0.949. The zero-order valence-electron chi connectivity index (χ0n) is 4.13. The number of nitrogens with zero attached hydrogens (tertiary/aromatic N) is 2. The fourth-order valence-corrected chi connectivity index (χ4v) is 0.558. The van der Waals surface area contributed by atoms with Crippen molar-refractivity contribution in [3.63, 3.8) is 0 Å². The lowest BCUT2D eigenvalue weighted by atomic mass is 10.5. The summed E-state index contributed by atoms with van der Waals surface area (Å²) < 4.78 is 0. The number of nitrogens with one attached hydrogen (secondary N) is 1. The number of thiol groups is 1. The van der Waals surface area contributed by atoms with Gasteiger partial charge >= 0.3 is 0 Å². The molecule has 8 heavy (non-hydrogen) atoms. The van der Waals surface area contributed by atoms with E-state index in [2.05, 4.69) is 22.6 Å². The first kappa shape index (κ1) is 5.50.